The Hall–Kier alpha value is -2.64. The van der Waals surface area contributed by atoms with Gasteiger partial charge in [0.15, 0.2) is 12.2 Å². The number of hydrogen-bond acceptors (Lipinski definition) is 5. The molecule has 0 aliphatic heterocycles. The van der Waals surface area contributed by atoms with Gasteiger partial charge in [-0.1, -0.05) is 19.3 Å². The van der Waals surface area contributed by atoms with Gasteiger partial charge < -0.3 is 14.8 Å². The molecule has 2 N–H and O–H groups in total. The van der Waals surface area contributed by atoms with E-state index in [-0.39, 0.29) is 6.04 Å². The average Bonchev–Trinajstić information content (AvgIpc) is 2.64. The van der Waals surface area contributed by atoms with Gasteiger partial charge in [0.05, 0.1) is 0 Å². The van der Waals surface area contributed by atoms with E-state index >= 15 is 0 Å². The van der Waals surface area contributed by atoms with E-state index in [2.05, 4.69) is 10.6 Å². The summed E-state index contributed by atoms with van der Waals surface area (Å²) in [6, 6.07) is 4.64. The summed E-state index contributed by atoms with van der Waals surface area (Å²) in [7, 11) is 0. The third kappa shape index (κ3) is 6.88. The van der Waals surface area contributed by atoms with E-state index in [9.17, 15) is 18.8 Å². The number of carbonyl (C=O) groups is 3. The molecule has 1 aliphatic rings. The van der Waals surface area contributed by atoms with Gasteiger partial charge in [-0.3, -0.25) is 10.1 Å². The molecule has 0 unspecified atom stereocenters. The summed E-state index contributed by atoms with van der Waals surface area (Å²) in [5.41, 5.74) is 0. The Morgan fingerprint density at radius 2 is 1.67 bits per heavy atom. The van der Waals surface area contributed by atoms with Crippen molar-refractivity contribution in [2.45, 2.75) is 64.2 Å². The van der Waals surface area contributed by atoms with Gasteiger partial charge >= 0.3 is 12.0 Å². The Bertz CT molecular complexity index is 659. The van der Waals surface area contributed by atoms with E-state index in [1.165, 1.54) is 38.1 Å². The molecule has 0 aromatic heterocycles. The van der Waals surface area contributed by atoms with Crippen molar-refractivity contribution in [3.63, 3.8) is 0 Å². The number of benzene rings is 1. The van der Waals surface area contributed by atoms with E-state index in [4.69, 9.17) is 9.47 Å². The van der Waals surface area contributed by atoms with Crippen molar-refractivity contribution < 1.29 is 28.2 Å². The van der Waals surface area contributed by atoms with Crippen LogP contribution < -0.4 is 15.4 Å². The number of urea groups is 1. The van der Waals surface area contributed by atoms with Crippen LogP contribution in [0, 0.1) is 5.82 Å². The number of hydrogen-bond donors (Lipinski definition) is 2. The minimum atomic E-state index is -1.16. The van der Waals surface area contributed by atoms with E-state index < -0.39 is 35.9 Å². The lowest BCUT2D eigenvalue weighted by molar-refractivity contribution is -0.160. The zero-order chi connectivity index (χ0) is 19.8. The first-order chi connectivity index (χ1) is 12.8. The molecule has 1 aromatic carbocycles. The number of nitrogens with one attached hydrogen (secondary N) is 2. The third-order valence-electron chi connectivity index (χ3n) is 4.30. The van der Waals surface area contributed by atoms with Gasteiger partial charge in [0.2, 0.25) is 0 Å². The molecule has 27 heavy (non-hydrogen) atoms. The summed E-state index contributed by atoms with van der Waals surface area (Å²) < 4.78 is 23.2. The quantitative estimate of drug-likeness (QED) is 0.740. The molecule has 1 aromatic rings. The molecule has 0 radical (unpaired) electrons. The highest BCUT2D eigenvalue weighted by Crippen LogP contribution is 2.17. The minimum Gasteiger partial charge on any atom is -0.479 e. The first-order valence-electron chi connectivity index (χ1n) is 9.09. The van der Waals surface area contributed by atoms with Crippen molar-refractivity contribution in [1.29, 1.82) is 0 Å². The molecular weight excluding hydrogens is 355 g/mol. The molecule has 1 saturated carbocycles. The first kappa shape index (κ1) is 20.7. The maximum absolute atomic E-state index is 12.9. The van der Waals surface area contributed by atoms with Crippen molar-refractivity contribution in [3.8, 4) is 5.75 Å². The highest BCUT2D eigenvalue weighted by atomic mass is 19.1. The van der Waals surface area contributed by atoms with Gasteiger partial charge in [-0.05, 0) is 51.0 Å². The second kappa shape index (κ2) is 9.89. The maximum atomic E-state index is 12.9. The normalized spacial score (nSPS) is 16.7. The fraction of sp³-hybridized carbons (Fsp3) is 0.526. The standard InChI is InChI=1S/C19H25FN2O5/c1-12(17(23)22-19(25)21-15-6-4-3-5-7-15)27-18(24)13(2)26-16-10-8-14(20)9-11-16/h8-13,15H,3-7H2,1-2H3,(H2,21,22,23,25)/t12-,13-/m1/s1. The lowest BCUT2D eigenvalue weighted by Gasteiger charge is -2.23. The molecule has 0 saturated heterocycles. The van der Waals surface area contributed by atoms with E-state index in [1.54, 1.807) is 0 Å². The molecule has 0 spiro atoms. The van der Waals surface area contributed by atoms with E-state index in [0.29, 0.717) is 5.75 Å². The van der Waals surface area contributed by atoms with Gasteiger partial charge in [0.1, 0.15) is 11.6 Å². The van der Waals surface area contributed by atoms with Crippen LogP contribution >= 0.6 is 0 Å². The Morgan fingerprint density at radius 1 is 1.04 bits per heavy atom. The maximum Gasteiger partial charge on any atom is 0.347 e. The van der Waals surface area contributed by atoms with Gasteiger partial charge in [-0.2, -0.15) is 0 Å². The summed E-state index contributed by atoms with van der Waals surface area (Å²) in [5, 5.41) is 4.93. The summed E-state index contributed by atoms with van der Waals surface area (Å²) in [6.45, 7) is 2.82. The Balaban J connectivity index is 1.75. The second-order valence-electron chi connectivity index (χ2n) is 6.59. The first-order valence-corrected chi connectivity index (χ1v) is 9.09. The molecule has 1 aliphatic carbocycles. The number of amides is 3. The van der Waals surface area contributed by atoms with Crippen LogP contribution in [-0.4, -0.2) is 36.2 Å². The number of carbonyl (C=O) groups excluding carboxylic acids is 3. The van der Waals surface area contributed by atoms with Crippen LogP contribution in [0.3, 0.4) is 0 Å². The topological polar surface area (TPSA) is 93.7 Å². The van der Waals surface area contributed by atoms with Gasteiger partial charge in [-0.25, -0.2) is 14.0 Å². The fourth-order valence-corrected chi connectivity index (χ4v) is 2.77. The van der Waals surface area contributed by atoms with Crippen molar-refractivity contribution in [1.82, 2.24) is 10.6 Å². The Kier molecular flexibility index (Phi) is 7.57. The zero-order valence-electron chi connectivity index (χ0n) is 15.5. The molecule has 2 rings (SSSR count). The molecule has 148 valence electrons. The Morgan fingerprint density at radius 3 is 2.30 bits per heavy atom. The third-order valence-corrected chi connectivity index (χ3v) is 4.30. The van der Waals surface area contributed by atoms with Gasteiger partial charge in [-0.15, -0.1) is 0 Å². The van der Waals surface area contributed by atoms with Crippen LogP contribution in [0.4, 0.5) is 9.18 Å². The lowest BCUT2D eigenvalue weighted by Crippen LogP contribution is -2.48. The number of esters is 1. The number of rotatable bonds is 6. The smallest absolute Gasteiger partial charge is 0.347 e. The second-order valence-corrected chi connectivity index (χ2v) is 6.59. The largest absolute Gasteiger partial charge is 0.479 e. The van der Waals surface area contributed by atoms with Crippen LogP contribution in [0.15, 0.2) is 24.3 Å². The van der Waals surface area contributed by atoms with Crippen molar-refractivity contribution >= 4 is 17.9 Å². The van der Waals surface area contributed by atoms with Crippen LogP contribution in [0.1, 0.15) is 46.0 Å². The fourth-order valence-electron chi connectivity index (χ4n) is 2.77. The van der Waals surface area contributed by atoms with Crippen LogP contribution in [0.25, 0.3) is 0 Å². The predicted octanol–water partition coefficient (Wildman–Crippen LogP) is 2.68. The molecular formula is C19H25FN2O5. The summed E-state index contributed by atoms with van der Waals surface area (Å²) in [4.78, 5) is 35.9. The summed E-state index contributed by atoms with van der Waals surface area (Å²) in [5.74, 6) is -1.61. The van der Waals surface area contributed by atoms with Crippen molar-refractivity contribution in [3.05, 3.63) is 30.1 Å². The van der Waals surface area contributed by atoms with Crippen molar-refractivity contribution in [2.24, 2.45) is 0 Å². The van der Waals surface area contributed by atoms with Crippen LogP contribution in [-0.2, 0) is 14.3 Å². The summed E-state index contributed by atoms with van der Waals surface area (Å²) >= 11 is 0. The molecule has 0 heterocycles. The van der Waals surface area contributed by atoms with Crippen LogP contribution in [0.5, 0.6) is 5.75 Å². The number of imide groups is 1. The van der Waals surface area contributed by atoms with E-state index in [0.717, 1.165) is 32.1 Å². The molecule has 7 nitrogen and oxygen atoms in total. The SMILES string of the molecule is C[C@@H](OC(=O)[C@@H](C)Oc1ccc(F)cc1)C(=O)NC(=O)NC1CCCCC1. The highest BCUT2D eigenvalue weighted by molar-refractivity contribution is 5.97. The van der Waals surface area contributed by atoms with Crippen molar-refractivity contribution in [2.75, 3.05) is 0 Å². The highest BCUT2D eigenvalue weighted by Gasteiger charge is 2.25. The molecule has 3 amide bonds. The lowest BCUT2D eigenvalue weighted by atomic mass is 9.96. The molecule has 8 heteroatoms. The average molecular weight is 380 g/mol. The molecule has 2 atom stereocenters. The molecule has 1 fully saturated rings. The predicted molar refractivity (Wildman–Crippen MR) is 95.6 cm³/mol. The zero-order valence-corrected chi connectivity index (χ0v) is 15.5. The number of halogens is 1. The van der Waals surface area contributed by atoms with Gasteiger partial charge in [0.25, 0.3) is 5.91 Å². The Labute approximate surface area is 157 Å². The minimum absolute atomic E-state index is 0.0635. The van der Waals surface area contributed by atoms with Crippen LogP contribution in [0.2, 0.25) is 0 Å². The van der Waals surface area contributed by atoms with E-state index in [1.807, 2.05) is 0 Å². The summed E-state index contributed by atoms with van der Waals surface area (Å²) in [6.07, 6.45) is 2.90. The van der Waals surface area contributed by atoms with Gasteiger partial charge in [0, 0.05) is 6.04 Å². The number of ether oxygens (including phenoxy) is 2. The molecule has 0 bridgehead atoms. The monoisotopic (exact) mass is 380 g/mol.